The highest BCUT2D eigenvalue weighted by atomic mass is 17.2. The second-order valence-electron chi connectivity index (χ2n) is 21.2. The fourth-order valence-corrected chi connectivity index (χ4v) is 5.53. The van der Waals surface area contributed by atoms with E-state index in [1.165, 1.54) is 123 Å². The van der Waals surface area contributed by atoms with Gasteiger partial charge in [-0.2, -0.15) is 4.89 Å². The topological polar surface area (TPSA) is 277 Å². The van der Waals surface area contributed by atoms with E-state index in [4.69, 9.17) is 9.78 Å². The molecule has 9 amide bonds. The predicted molar refractivity (Wildman–Crippen MR) is 234 cm³/mol. The highest BCUT2D eigenvalue weighted by molar-refractivity contribution is 6.23. The Bertz CT molecular complexity index is 2070. The average molecular weight is 901 g/mol. The lowest BCUT2D eigenvalue weighted by molar-refractivity contribution is -0.323. The van der Waals surface area contributed by atoms with Gasteiger partial charge in [-0.3, -0.25) is 52.9 Å². The third-order valence-electron chi connectivity index (χ3n) is 10.2. The summed E-state index contributed by atoms with van der Waals surface area (Å²) in [7, 11) is 0. The molecule has 20 nitrogen and oxygen atoms in total. The van der Waals surface area contributed by atoms with Crippen LogP contribution in [-0.2, 0) is 48.1 Å². The lowest BCUT2D eigenvalue weighted by atomic mass is 9.93. The third kappa shape index (κ3) is 12.6. The number of nitrogens with one attached hydrogen (secondary N) is 7. The largest absolute Gasteiger partial charge is 0.366 e. The zero-order chi connectivity index (χ0) is 50.2. The van der Waals surface area contributed by atoms with Crippen molar-refractivity contribution in [2.75, 3.05) is 0 Å². The molecule has 0 saturated heterocycles. The number of carbonyl (C=O) groups excluding carboxylic acids is 10. The summed E-state index contributed by atoms with van der Waals surface area (Å²) in [6.07, 6.45) is 0. The van der Waals surface area contributed by atoms with Gasteiger partial charge in [0, 0.05) is 0 Å². The smallest absolute Gasteiger partial charge is 0.340 e. The molecular weight excluding hydrogens is 833 g/mol. The summed E-state index contributed by atoms with van der Waals surface area (Å²) in [4.78, 5) is 144. The molecule has 1 aromatic rings. The maximum Gasteiger partial charge on any atom is 0.366 e. The summed E-state index contributed by atoms with van der Waals surface area (Å²) in [6, 6.07) is 6.15. The molecule has 0 saturated carbocycles. The Balaban J connectivity index is 2.07. The Labute approximate surface area is 375 Å². The van der Waals surface area contributed by atoms with Crippen LogP contribution in [0.2, 0.25) is 0 Å². The van der Waals surface area contributed by atoms with Crippen LogP contribution in [0.4, 0.5) is 0 Å². The minimum Gasteiger partial charge on any atom is -0.340 e. The summed E-state index contributed by atoms with van der Waals surface area (Å²) in [5, 5.41) is 17.9. The zero-order valence-corrected chi connectivity index (χ0v) is 40.7. The van der Waals surface area contributed by atoms with Crippen LogP contribution in [0.5, 0.6) is 0 Å². The lowest BCUT2D eigenvalue weighted by Crippen LogP contribution is -2.69. The number of nitrogens with zero attached hydrogens (tertiary/aromatic N) is 1. The number of hydrogen-bond acceptors (Lipinski definition) is 12. The highest BCUT2D eigenvalue weighted by Gasteiger charge is 2.50. The first-order chi connectivity index (χ1) is 28.4. The van der Waals surface area contributed by atoms with Gasteiger partial charge in [-0.05, 0) is 144 Å². The fourth-order valence-electron chi connectivity index (χ4n) is 5.53. The molecule has 0 aromatic heterocycles. The average Bonchev–Trinajstić information content (AvgIpc) is 3.38. The van der Waals surface area contributed by atoms with Crippen LogP contribution < -0.4 is 37.2 Å². The number of amides is 9. The zero-order valence-electron chi connectivity index (χ0n) is 40.7. The molecule has 0 radical (unpaired) electrons. The Morgan fingerprint density at radius 2 is 0.625 bits per heavy atom. The molecule has 1 heterocycles. The highest BCUT2D eigenvalue weighted by Crippen LogP contribution is 2.30. The van der Waals surface area contributed by atoms with Gasteiger partial charge < -0.3 is 37.2 Å². The number of benzene rings is 1. The Morgan fingerprint density at radius 3 is 0.875 bits per heavy atom. The van der Waals surface area contributed by atoms with Crippen molar-refractivity contribution in [2.45, 2.75) is 181 Å². The standard InChI is InChI=1S/C44H68N8O12/c1-36(2,3)64-63-35(62)43(16,17)50-33(60)41(12,13)48-31(58)39(8,9)46-29(56)37(4,5)45-28(55)38(6,7)47-30(57)40(10,11)49-32(59)42(14,15)51-34(61)44(18,19)52-26(53)24-22-20-21-23-25(24)27(52)54/h20-23H,1-19H3,(H,45,55)(H,46,56)(H,47,57)(H,48,58)(H,49,59)(H,50,60)(H,51,61). The maximum atomic E-state index is 13.6. The SMILES string of the molecule is CC(C)(C)OOC(=O)C(C)(C)NC(=O)C(C)(C)NC(=O)C(C)(C)NC(=O)C(C)(C)NC(=O)C(C)(C)NC(=O)C(C)(C)NC(=O)C(C)(C)NC(=O)C(C)(C)N1C(=O)c2ccccc2C1=O. The molecule has 7 N–H and O–H groups in total. The second-order valence-corrected chi connectivity index (χ2v) is 21.2. The van der Waals surface area contributed by atoms with Crippen LogP contribution in [0.1, 0.15) is 152 Å². The summed E-state index contributed by atoms with van der Waals surface area (Å²) in [5.41, 5.74) is -13.8. The van der Waals surface area contributed by atoms with Crippen molar-refractivity contribution in [3.63, 3.8) is 0 Å². The number of fused-ring (bicyclic) bond motifs is 1. The normalized spacial score (nSPS) is 14.1. The van der Waals surface area contributed by atoms with E-state index in [-0.39, 0.29) is 11.1 Å². The Kier molecular flexibility index (Phi) is 15.2. The van der Waals surface area contributed by atoms with E-state index in [0.29, 0.717) is 0 Å². The van der Waals surface area contributed by atoms with Crippen LogP contribution in [0.25, 0.3) is 0 Å². The van der Waals surface area contributed by atoms with Crippen molar-refractivity contribution < 1.29 is 57.7 Å². The summed E-state index contributed by atoms with van der Waals surface area (Å²) < 4.78 is 0. The van der Waals surface area contributed by atoms with Crippen molar-refractivity contribution in [3.8, 4) is 0 Å². The van der Waals surface area contributed by atoms with E-state index < -0.39 is 109 Å². The van der Waals surface area contributed by atoms with Crippen LogP contribution in [0.3, 0.4) is 0 Å². The monoisotopic (exact) mass is 900 g/mol. The van der Waals surface area contributed by atoms with Gasteiger partial charge >= 0.3 is 5.97 Å². The fraction of sp³-hybridized carbons (Fsp3) is 0.636. The molecule has 20 heteroatoms. The maximum absolute atomic E-state index is 13.6. The van der Waals surface area contributed by atoms with E-state index in [2.05, 4.69) is 37.2 Å². The van der Waals surface area contributed by atoms with Crippen molar-refractivity contribution >= 4 is 59.1 Å². The first-order valence-electron chi connectivity index (χ1n) is 20.6. The van der Waals surface area contributed by atoms with Crippen LogP contribution in [0.15, 0.2) is 24.3 Å². The number of hydrogen-bond donors (Lipinski definition) is 7. The van der Waals surface area contributed by atoms with Crippen LogP contribution >= 0.6 is 0 Å². The molecule has 0 fully saturated rings. The molecule has 0 atom stereocenters. The van der Waals surface area contributed by atoms with Gasteiger partial charge in [0.2, 0.25) is 41.4 Å². The molecule has 0 spiro atoms. The van der Waals surface area contributed by atoms with E-state index in [1.807, 2.05) is 0 Å². The minimum absolute atomic E-state index is 0.145. The lowest BCUT2D eigenvalue weighted by Gasteiger charge is -2.38. The van der Waals surface area contributed by atoms with Gasteiger partial charge in [-0.1, -0.05) is 12.1 Å². The molecule has 64 heavy (non-hydrogen) atoms. The molecule has 0 aliphatic carbocycles. The molecule has 356 valence electrons. The first kappa shape index (κ1) is 54.2. The number of imide groups is 1. The van der Waals surface area contributed by atoms with Gasteiger partial charge in [0.05, 0.1) is 11.1 Å². The summed E-state index contributed by atoms with van der Waals surface area (Å²) in [6.45, 7) is 27.0. The van der Waals surface area contributed by atoms with Crippen molar-refractivity contribution in [2.24, 2.45) is 0 Å². The Morgan fingerprint density at radius 1 is 0.391 bits per heavy atom. The third-order valence-corrected chi connectivity index (χ3v) is 10.2. The van der Waals surface area contributed by atoms with Gasteiger partial charge in [-0.25, -0.2) is 4.79 Å². The van der Waals surface area contributed by atoms with Crippen molar-refractivity contribution in [1.82, 2.24) is 42.1 Å². The quantitative estimate of drug-likeness (QED) is 0.0668. The molecule has 1 aromatic carbocycles. The molecule has 0 unspecified atom stereocenters. The van der Waals surface area contributed by atoms with E-state index in [1.54, 1.807) is 32.9 Å². The predicted octanol–water partition coefficient (Wildman–Crippen LogP) is 1.60. The van der Waals surface area contributed by atoms with E-state index >= 15 is 0 Å². The molecule has 2 rings (SSSR count). The van der Waals surface area contributed by atoms with Gasteiger partial charge in [0.1, 0.15) is 49.9 Å². The van der Waals surface area contributed by atoms with Gasteiger partial charge in [-0.15, -0.1) is 0 Å². The Hall–Kier alpha value is -5.92. The van der Waals surface area contributed by atoms with E-state index in [9.17, 15) is 47.9 Å². The summed E-state index contributed by atoms with van der Waals surface area (Å²) in [5.74, 6) is -7.84. The molecule has 1 aliphatic rings. The van der Waals surface area contributed by atoms with E-state index in [0.717, 1.165) is 4.90 Å². The van der Waals surface area contributed by atoms with Gasteiger partial charge in [0.25, 0.3) is 11.8 Å². The van der Waals surface area contributed by atoms with Crippen LogP contribution in [-0.4, -0.2) is 114 Å². The molecule has 0 bridgehead atoms. The van der Waals surface area contributed by atoms with Crippen molar-refractivity contribution in [3.05, 3.63) is 35.4 Å². The summed E-state index contributed by atoms with van der Waals surface area (Å²) >= 11 is 0. The second kappa shape index (κ2) is 17.9. The van der Waals surface area contributed by atoms with Crippen molar-refractivity contribution in [1.29, 1.82) is 0 Å². The van der Waals surface area contributed by atoms with Crippen LogP contribution in [0, 0.1) is 0 Å². The number of rotatable bonds is 17. The molecule has 1 aliphatic heterocycles. The first-order valence-corrected chi connectivity index (χ1v) is 20.6. The van der Waals surface area contributed by atoms with Gasteiger partial charge in [0.15, 0.2) is 0 Å². The molecular formula is C44H68N8O12. The minimum atomic E-state index is -1.73. The number of carbonyl (C=O) groups is 10.